The van der Waals surface area contributed by atoms with Crippen LogP contribution < -0.4 is 5.32 Å². The highest BCUT2D eigenvalue weighted by Crippen LogP contribution is 2.26. The summed E-state index contributed by atoms with van der Waals surface area (Å²) in [4.78, 5) is 11.6. The van der Waals surface area contributed by atoms with E-state index >= 15 is 0 Å². The Bertz CT molecular complexity index is 613. The average molecular weight is 286 g/mol. The monoisotopic (exact) mass is 286 g/mol. The molecule has 1 N–H and O–H groups in total. The molecule has 7 heteroatoms. The first kappa shape index (κ1) is 14.0. The van der Waals surface area contributed by atoms with Crippen LogP contribution in [0, 0.1) is 5.82 Å². The van der Waals surface area contributed by atoms with Gasteiger partial charge in [-0.3, -0.25) is 4.79 Å². The van der Waals surface area contributed by atoms with Crippen LogP contribution in [0.2, 0.25) is 0 Å². The maximum absolute atomic E-state index is 13.2. The number of sulfonamides is 1. The number of nitrogens with zero attached hydrogens (tertiary/aromatic N) is 1. The highest BCUT2D eigenvalue weighted by Gasteiger charge is 2.44. The zero-order valence-electron chi connectivity index (χ0n) is 10.7. The Balaban J connectivity index is 2.47. The molecule has 0 radical (unpaired) electrons. The molecule has 1 aliphatic rings. The van der Waals surface area contributed by atoms with Gasteiger partial charge in [-0.05, 0) is 32.0 Å². The second kappa shape index (κ2) is 4.57. The van der Waals surface area contributed by atoms with E-state index in [-0.39, 0.29) is 23.9 Å². The number of piperazine rings is 1. The van der Waals surface area contributed by atoms with Crippen LogP contribution in [-0.2, 0) is 14.8 Å². The van der Waals surface area contributed by atoms with Gasteiger partial charge in [0.25, 0.3) is 0 Å². The van der Waals surface area contributed by atoms with Crippen LogP contribution in [0.15, 0.2) is 29.2 Å². The van der Waals surface area contributed by atoms with Crippen LogP contribution >= 0.6 is 0 Å². The lowest BCUT2D eigenvalue weighted by Gasteiger charge is -2.39. The standard InChI is InChI=1S/C12H15FN2O3S/c1-12(2)11(16)14-6-7-15(12)19(17,18)10-5-3-4-9(13)8-10/h3-5,8H,6-7H2,1-2H3,(H,14,16). The molecule has 19 heavy (non-hydrogen) atoms. The minimum Gasteiger partial charge on any atom is -0.353 e. The molecule has 0 atom stereocenters. The molecule has 1 aromatic rings. The number of carbonyl (C=O) groups is 1. The van der Waals surface area contributed by atoms with Crippen LogP contribution in [0.5, 0.6) is 0 Å². The average Bonchev–Trinajstić information content (AvgIpc) is 2.32. The Hall–Kier alpha value is -1.47. The molecule has 0 saturated carbocycles. The van der Waals surface area contributed by atoms with Crippen molar-refractivity contribution in [3.05, 3.63) is 30.1 Å². The Labute approximate surface area is 111 Å². The molecule has 1 fully saturated rings. The number of carbonyl (C=O) groups excluding carboxylic acids is 1. The molecule has 0 unspecified atom stereocenters. The summed E-state index contributed by atoms with van der Waals surface area (Å²) in [7, 11) is -3.89. The molecule has 0 bridgehead atoms. The molecule has 2 rings (SSSR count). The second-order valence-electron chi connectivity index (χ2n) is 4.85. The first-order valence-electron chi connectivity index (χ1n) is 5.83. The van der Waals surface area contributed by atoms with Gasteiger partial charge in [-0.2, -0.15) is 4.31 Å². The number of hydrogen-bond donors (Lipinski definition) is 1. The summed E-state index contributed by atoms with van der Waals surface area (Å²) >= 11 is 0. The lowest BCUT2D eigenvalue weighted by Crippen LogP contribution is -2.63. The third-order valence-corrected chi connectivity index (χ3v) is 5.23. The number of benzene rings is 1. The van der Waals surface area contributed by atoms with Crippen molar-refractivity contribution in [2.45, 2.75) is 24.3 Å². The minimum absolute atomic E-state index is 0.143. The Morgan fingerprint density at radius 2 is 2.05 bits per heavy atom. The van der Waals surface area contributed by atoms with Crippen LogP contribution in [0.1, 0.15) is 13.8 Å². The summed E-state index contributed by atoms with van der Waals surface area (Å²) < 4.78 is 39.2. The van der Waals surface area contributed by atoms with E-state index in [4.69, 9.17) is 0 Å². The van der Waals surface area contributed by atoms with Gasteiger partial charge >= 0.3 is 0 Å². The van der Waals surface area contributed by atoms with Crippen LogP contribution in [0.25, 0.3) is 0 Å². The molecule has 1 aliphatic heterocycles. The fourth-order valence-electron chi connectivity index (χ4n) is 2.06. The van der Waals surface area contributed by atoms with Crippen molar-refractivity contribution >= 4 is 15.9 Å². The topological polar surface area (TPSA) is 66.5 Å². The summed E-state index contributed by atoms with van der Waals surface area (Å²) in [6.45, 7) is 3.46. The maximum Gasteiger partial charge on any atom is 0.244 e. The van der Waals surface area contributed by atoms with Gasteiger partial charge in [0.1, 0.15) is 11.4 Å². The van der Waals surface area contributed by atoms with Gasteiger partial charge in [0, 0.05) is 13.1 Å². The SMILES string of the molecule is CC1(C)C(=O)NCCN1S(=O)(=O)c1cccc(F)c1. The van der Waals surface area contributed by atoms with Gasteiger partial charge in [0.05, 0.1) is 4.90 Å². The van der Waals surface area contributed by atoms with Gasteiger partial charge in [-0.15, -0.1) is 0 Å². The Morgan fingerprint density at radius 1 is 1.37 bits per heavy atom. The number of hydrogen-bond acceptors (Lipinski definition) is 3. The van der Waals surface area contributed by atoms with E-state index in [9.17, 15) is 17.6 Å². The predicted molar refractivity (Wildman–Crippen MR) is 67.4 cm³/mol. The van der Waals surface area contributed by atoms with E-state index < -0.39 is 21.4 Å². The van der Waals surface area contributed by atoms with Crippen LogP contribution in [0.3, 0.4) is 0 Å². The highest BCUT2D eigenvalue weighted by atomic mass is 32.2. The van der Waals surface area contributed by atoms with Crippen LogP contribution in [-0.4, -0.2) is 37.3 Å². The zero-order valence-corrected chi connectivity index (χ0v) is 11.5. The molecule has 1 amide bonds. The Morgan fingerprint density at radius 3 is 2.68 bits per heavy atom. The van der Waals surface area contributed by atoms with Crippen molar-refractivity contribution in [3.8, 4) is 0 Å². The van der Waals surface area contributed by atoms with E-state index in [0.717, 1.165) is 10.4 Å². The molecule has 1 aromatic carbocycles. The predicted octanol–water partition coefficient (Wildman–Crippen LogP) is 0.725. The van der Waals surface area contributed by atoms with Crippen molar-refractivity contribution in [1.82, 2.24) is 9.62 Å². The van der Waals surface area contributed by atoms with E-state index in [1.54, 1.807) is 0 Å². The maximum atomic E-state index is 13.2. The lowest BCUT2D eigenvalue weighted by atomic mass is 10.0. The number of rotatable bonds is 2. The Kier molecular flexibility index (Phi) is 3.36. The number of halogens is 1. The van der Waals surface area contributed by atoms with Crippen molar-refractivity contribution in [2.24, 2.45) is 0 Å². The summed E-state index contributed by atoms with van der Waals surface area (Å²) in [5, 5.41) is 2.62. The molecule has 104 valence electrons. The number of nitrogens with one attached hydrogen (secondary N) is 1. The molecule has 0 spiro atoms. The van der Waals surface area contributed by atoms with E-state index in [1.807, 2.05) is 0 Å². The van der Waals surface area contributed by atoms with Crippen molar-refractivity contribution < 1.29 is 17.6 Å². The van der Waals surface area contributed by atoms with Crippen molar-refractivity contribution in [3.63, 3.8) is 0 Å². The van der Waals surface area contributed by atoms with Crippen molar-refractivity contribution in [1.29, 1.82) is 0 Å². The second-order valence-corrected chi connectivity index (χ2v) is 6.71. The fraction of sp³-hybridized carbons (Fsp3) is 0.417. The smallest absolute Gasteiger partial charge is 0.244 e. The van der Waals surface area contributed by atoms with Gasteiger partial charge < -0.3 is 5.32 Å². The first-order chi connectivity index (χ1) is 8.76. The third-order valence-electron chi connectivity index (χ3n) is 3.16. The quantitative estimate of drug-likeness (QED) is 0.871. The molecule has 0 aliphatic carbocycles. The van der Waals surface area contributed by atoms with E-state index in [0.29, 0.717) is 0 Å². The zero-order chi connectivity index (χ0) is 14.3. The van der Waals surface area contributed by atoms with Gasteiger partial charge in [0.2, 0.25) is 15.9 Å². The minimum atomic E-state index is -3.89. The molecule has 5 nitrogen and oxygen atoms in total. The third kappa shape index (κ3) is 2.35. The lowest BCUT2D eigenvalue weighted by molar-refractivity contribution is -0.131. The fourth-order valence-corrected chi connectivity index (χ4v) is 3.84. The van der Waals surface area contributed by atoms with Gasteiger partial charge in [-0.25, -0.2) is 12.8 Å². The van der Waals surface area contributed by atoms with Crippen LogP contribution in [0.4, 0.5) is 4.39 Å². The normalized spacial score (nSPS) is 20.1. The first-order valence-corrected chi connectivity index (χ1v) is 7.27. The molecular weight excluding hydrogens is 271 g/mol. The van der Waals surface area contributed by atoms with E-state index in [2.05, 4.69) is 5.32 Å². The number of amides is 1. The molecule has 1 saturated heterocycles. The summed E-state index contributed by atoms with van der Waals surface area (Å²) in [6, 6.07) is 4.78. The summed E-state index contributed by atoms with van der Waals surface area (Å²) in [5.41, 5.74) is -1.19. The van der Waals surface area contributed by atoms with Crippen molar-refractivity contribution in [2.75, 3.05) is 13.1 Å². The molecule has 1 heterocycles. The highest BCUT2D eigenvalue weighted by molar-refractivity contribution is 7.89. The molecule has 0 aromatic heterocycles. The van der Waals surface area contributed by atoms with Gasteiger partial charge in [-0.1, -0.05) is 6.07 Å². The largest absolute Gasteiger partial charge is 0.353 e. The molecular formula is C12H15FN2O3S. The summed E-state index contributed by atoms with van der Waals surface area (Å²) in [5.74, 6) is -0.987. The summed E-state index contributed by atoms with van der Waals surface area (Å²) in [6.07, 6.45) is 0. The van der Waals surface area contributed by atoms with Gasteiger partial charge in [0.15, 0.2) is 0 Å². The van der Waals surface area contributed by atoms with E-state index in [1.165, 1.54) is 32.0 Å².